The number of rotatable bonds is 6. The fourth-order valence-electron chi connectivity index (χ4n) is 3.51. The summed E-state index contributed by atoms with van der Waals surface area (Å²) in [6, 6.07) is 22.0. The van der Waals surface area contributed by atoms with Crippen LogP contribution in [0.2, 0.25) is 0 Å². The molecule has 26 heavy (non-hydrogen) atoms. The minimum Gasteiger partial charge on any atom is -0.492 e. The predicted octanol–water partition coefficient (Wildman–Crippen LogP) is 5.48. The molecule has 1 N–H and O–H groups in total. The molecule has 4 heteroatoms. The van der Waals surface area contributed by atoms with Gasteiger partial charge in [-0.1, -0.05) is 42.5 Å². The van der Waals surface area contributed by atoms with Gasteiger partial charge in [0.15, 0.2) is 0 Å². The Morgan fingerprint density at radius 2 is 1.73 bits per heavy atom. The number of nitrogens with one attached hydrogen (secondary N) is 1. The SMILES string of the molecule is Cl.c1ccc(C(c2ccc(OC[C@@H]3CCCN3)cc2)c2ccsc2)cc1. The molecule has 0 amide bonds. The predicted molar refractivity (Wildman–Crippen MR) is 112 cm³/mol. The summed E-state index contributed by atoms with van der Waals surface area (Å²) in [5, 5.41) is 7.87. The Morgan fingerprint density at radius 3 is 2.38 bits per heavy atom. The van der Waals surface area contributed by atoms with Crippen LogP contribution in [0.15, 0.2) is 71.4 Å². The van der Waals surface area contributed by atoms with Crippen molar-refractivity contribution in [1.29, 1.82) is 0 Å². The first-order chi connectivity index (χ1) is 12.4. The van der Waals surface area contributed by atoms with E-state index in [1.54, 1.807) is 11.3 Å². The monoisotopic (exact) mass is 385 g/mol. The average molecular weight is 386 g/mol. The molecule has 0 saturated carbocycles. The zero-order chi connectivity index (χ0) is 16.9. The van der Waals surface area contributed by atoms with Crippen LogP contribution >= 0.6 is 23.7 Å². The molecule has 2 nitrogen and oxygen atoms in total. The second-order valence-corrected chi connectivity index (χ2v) is 7.35. The van der Waals surface area contributed by atoms with Gasteiger partial charge in [-0.25, -0.2) is 0 Å². The second-order valence-electron chi connectivity index (χ2n) is 6.57. The number of ether oxygens (including phenoxy) is 1. The number of hydrogen-bond donors (Lipinski definition) is 1. The van der Waals surface area contributed by atoms with Crippen LogP contribution in [0.25, 0.3) is 0 Å². The number of halogens is 1. The molecule has 2 heterocycles. The van der Waals surface area contributed by atoms with Crippen LogP contribution in [0, 0.1) is 0 Å². The molecule has 4 rings (SSSR count). The van der Waals surface area contributed by atoms with Gasteiger partial charge < -0.3 is 10.1 Å². The van der Waals surface area contributed by atoms with Gasteiger partial charge in [0.05, 0.1) is 0 Å². The van der Waals surface area contributed by atoms with E-state index in [2.05, 4.69) is 76.7 Å². The Morgan fingerprint density at radius 1 is 0.962 bits per heavy atom. The first kappa shape index (κ1) is 19.0. The van der Waals surface area contributed by atoms with Crippen molar-refractivity contribution in [1.82, 2.24) is 5.32 Å². The molecule has 3 aromatic rings. The van der Waals surface area contributed by atoms with Crippen LogP contribution in [0.4, 0.5) is 0 Å². The minimum atomic E-state index is 0. The van der Waals surface area contributed by atoms with Crippen molar-refractivity contribution >= 4 is 23.7 Å². The fourth-order valence-corrected chi connectivity index (χ4v) is 4.20. The second kappa shape index (κ2) is 9.22. The van der Waals surface area contributed by atoms with Crippen LogP contribution in [-0.4, -0.2) is 19.2 Å². The molecular formula is C22H24ClNOS. The summed E-state index contributed by atoms with van der Waals surface area (Å²) in [4.78, 5) is 0. The standard InChI is InChI=1S/C22H23NOS.ClH/c1-2-5-17(6-3-1)22(19-12-14-25-16-19)18-8-10-21(11-9-18)24-15-20-7-4-13-23-20;/h1-3,5-6,8-12,14,16,20,22-23H,4,7,13,15H2;1H/t20-,22?;/m0./s1. The summed E-state index contributed by atoms with van der Waals surface area (Å²) < 4.78 is 5.96. The lowest BCUT2D eigenvalue weighted by molar-refractivity contribution is 0.277. The third-order valence-corrected chi connectivity index (χ3v) is 5.54. The van der Waals surface area contributed by atoms with Crippen molar-refractivity contribution in [2.45, 2.75) is 24.8 Å². The van der Waals surface area contributed by atoms with E-state index in [4.69, 9.17) is 4.74 Å². The third kappa shape index (κ3) is 4.47. The van der Waals surface area contributed by atoms with Gasteiger partial charge in [-0.15, -0.1) is 12.4 Å². The average Bonchev–Trinajstić information content (AvgIpc) is 3.36. The summed E-state index contributed by atoms with van der Waals surface area (Å²) in [7, 11) is 0. The van der Waals surface area contributed by atoms with E-state index >= 15 is 0 Å². The highest BCUT2D eigenvalue weighted by Crippen LogP contribution is 2.33. The minimum absolute atomic E-state index is 0. The van der Waals surface area contributed by atoms with Crippen molar-refractivity contribution in [2.75, 3.05) is 13.2 Å². The summed E-state index contributed by atoms with van der Waals surface area (Å²) in [5.74, 6) is 1.23. The zero-order valence-corrected chi connectivity index (χ0v) is 16.3. The Hall–Kier alpha value is -1.81. The van der Waals surface area contributed by atoms with Gasteiger partial charge in [-0.3, -0.25) is 0 Å². The van der Waals surface area contributed by atoms with Gasteiger partial charge in [0, 0.05) is 12.0 Å². The smallest absolute Gasteiger partial charge is 0.119 e. The van der Waals surface area contributed by atoms with Gasteiger partial charge in [-0.2, -0.15) is 11.3 Å². The highest BCUT2D eigenvalue weighted by molar-refractivity contribution is 7.08. The van der Waals surface area contributed by atoms with Crippen molar-refractivity contribution in [3.63, 3.8) is 0 Å². The first-order valence-electron chi connectivity index (χ1n) is 8.93. The Labute approximate surface area is 165 Å². The van der Waals surface area contributed by atoms with Crippen LogP contribution in [0.5, 0.6) is 5.75 Å². The third-order valence-electron chi connectivity index (χ3n) is 4.84. The van der Waals surface area contributed by atoms with Crippen LogP contribution < -0.4 is 10.1 Å². The van der Waals surface area contributed by atoms with Gasteiger partial charge in [0.25, 0.3) is 0 Å². The summed E-state index contributed by atoms with van der Waals surface area (Å²) in [5.41, 5.74) is 3.97. The molecule has 0 spiro atoms. The van der Waals surface area contributed by atoms with E-state index < -0.39 is 0 Å². The molecule has 2 aromatic carbocycles. The van der Waals surface area contributed by atoms with Gasteiger partial charge in [-0.05, 0) is 65.0 Å². The van der Waals surface area contributed by atoms with Crippen molar-refractivity contribution in [3.8, 4) is 5.75 Å². The summed E-state index contributed by atoms with van der Waals surface area (Å²) in [6.07, 6.45) is 2.47. The van der Waals surface area contributed by atoms with E-state index in [-0.39, 0.29) is 18.3 Å². The first-order valence-corrected chi connectivity index (χ1v) is 9.87. The molecule has 0 bridgehead atoms. The van der Waals surface area contributed by atoms with E-state index in [0.29, 0.717) is 6.04 Å². The zero-order valence-electron chi connectivity index (χ0n) is 14.6. The molecule has 1 unspecified atom stereocenters. The fraction of sp³-hybridized carbons (Fsp3) is 0.273. The molecule has 1 aliphatic heterocycles. The number of hydrogen-bond acceptors (Lipinski definition) is 3. The van der Waals surface area contributed by atoms with E-state index in [9.17, 15) is 0 Å². The number of benzene rings is 2. The lowest BCUT2D eigenvalue weighted by atomic mass is 9.87. The van der Waals surface area contributed by atoms with Crippen molar-refractivity contribution in [2.24, 2.45) is 0 Å². The van der Waals surface area contributed by atoms with Crippen LogP contribution in [-0.2, 0) is 0 Å². The Kier molecular flexibility index (Phi) is 6.73. The molecule has 1 aromatic heterocycles. The van der Waals surface area contributed by atoms with Crippen molar-refractivity contribution < 1.29 is 4.74 Å². The van der Waals surface area contributed by atoms with Gasteiger partial charge in [0.1, 0.15) is 12.4 Å². The summed E-state index contributed by atoms with van der Waals surface area (Å²) in [6.45, 7) is 1.87. The lowest BCUT2D eigenvalue weighted by Gasteiger charge is -2.18. The molecule has 1 fully saturated rings. The molecule has 136 valence electrons. The molecular weight excluding hydrogens is 362 g/mol. The molecule has 0 aliphatic carbocycles. The van der Waals surface area contributed by atoms with Crippen molar-refractivity contribution in [3.05, 3.63) is 88.1 Å². The van der Waals surface area contributed by atoms with Gasteiger partial charge >= 0.3 is 0 Å². The van der Waals surface area contributed by atoms with E-state index in [1.165, 1.54) is 29.5 Å². The summed E-state index contributed by atoms with van der Waals surface area (Å²) >= 11 is 1.75. The maximum atomic E-state index is 5.96. The number of thiophene rings is 1. The topological polar surface area (TPSA) is 21.3 Å². The highest BCUT2D eigenvalue weighted by atomic mass is 35.5. The lowest BCUT2D eigenvalue weighted by Crippen LogP contribution is -2.28. The molecule has 1 saturated heterocycles. The normalized spacial score (nSPS) is 17.5. The van der Waals surface area contributed by atoms with E-state index in [1.807, 2.05) is 0 Å². The quantitative estimate of drug-likeness (QED) is 0.606. The molecule has 1 aliphatic rings. The largest absolute Gasteiger partial charge is 0.492 e. The maximum Gasteiger partial charge on any atom is 0.119 e. The molecule has 0 radical (unpaired) electrons. The van der Waals surface area contributed by atoms with Crippen LogP contribution in [0.1, 0.15) is 35.4 Å². The maximum absolute atomic E-state index is 5.96. The highest BCUT2D eigenvalue weighted by Gasteiger charge is 2.18. The van der Waals surface area contributed by atoms with Crippen LogP contribution in [0.3, 0.4) is 0 Å². The Balaban J connectivity index is 0.00000196. The Bertz CT molecular complexity index is 768. The van der Waals surface area contributed by atoms with Gasteiger partial charge in [0.2, 0.25) is 0 Å². The van der Waals surface area contributed by atoms with E-state index in [0.717, 1.165) is 18.9 Å². The molecule has 2 atom stereocenters.